The average Bonchev–Trinajstić information content (AvgIpc) is 3.01. The third-order valence-electron chi connectivity index (χ3n) is 2.89. The number of nitrogens with one attached hydrogen (secondary N) is 1. The maximum absolute atomic E-state index is 11.8. The molecule has 0 aliphatic carbocycles. The fourth-order valence-corrected chi connectivity index (χ4v) is 2.53. The third-order valence-corrected chi connectivity index (χ3v) is 3.72. The van der Waals surface area contributed by atoms with Crippen molar-refractivity contribution in [1.82, 2.24) is 0 Å². The van der Waals surface area contributed by atoms with E-state index in [9.17, 15) is 14.4 Å². The molecule has 1 heterocycles. The van der Waals surface area contributed by atoms with Crippen molar-refractivity contribution in [2.45, 2.75) is 6.61 Å². The normalized spacial score (nSPS) is 10.1. The van der Waals surface area contributed by atoms with Gasteiger partial charge in [0, 0.05) is 0 Å². The molecule has 7 nitrogen and oxygen atoms in total. The van der Waals surface area contributed by atoms with Gasteiger partial charge in [0.05, 0.1) is 17.7 Å². The van der Waals surface area contributed by atoms with Gasteiger partial charge in [0.15, 0.2) is 6.61 Å². The van der Waals surface area contributed by atoms with Crippen molar-refractivity contribution in [3.8, 4) is 0 Å². The van der Waals surface area contributed by atoms with Crippen LogP contribution in [0.5, 0.6) is 0 Å². The molecule has 2 amide bonds. The standard InChI is InChI=1S/C15H14N2O5S/c16-13(20)11-5-6-23-14(11)17-12(19)8-22-15(21)10-3-1-9(7-18)2-4-10/h1-6,18H,7-8H2,(H2,16,20)(H,17,19). The molecule has 8 heteroatoms. The molecule has 4 N–H and O–H groups in total. The zero-order valence-electron chi connectivity index (χ0n) is 11.9. The highest BCUT2D eigenvalue weighted by atomic mass is 32.1. The molecule has 0 fully saturated rings. The van der Waals surface area contributed by atoms with Crippen LogP contribution in [0.25, 0.3) is 0 Å². The summed E-state index contributed by atoms with van der Waals surface area (Å²) in [6.45, 7) is -0.614. The van der Waals surface area contributed by atoms with Crippen molar-refractivity contribution in [1.29, 1.82) is 0 Å². The van der Waals surface area contributed by atoms with Gasteiger partial charge in [-0.2, -0.15) is 0 Å². The van der Waals surface area contributed by atoms with Crippen molar-refractivity contribution >= 4 is 34.1 Å². The van der Waals surface area contributed by atoms with E-state index in [0.29, 0.717) is 10.6 Å². The lowest BCUT2D eigenvalue weighted by Crippen LogP contribution is -2.22. The fourth-order valence-electron chi connectivity index (χ4n) is 1.72. The summed E-state index contributed by atoms with van der Waals surface area (Å²) in [7, 11) is 0. The zero-order chi connectivity index (χ0) is 16.8. The summed E-state index contributed by atoms with van der Waals surface area (Å²) < 4.78 is 4.89. The number of thiophene rings is 1. The van der Waals surface area contributed by atoms with E-state index in [1.54, 1.807) is 17.5 Å². The minimum Gasteiger partial charge on any atom is -0.452 e. The molecule has 0 aliphatic heterocycles. The predicted octanol–water partition coefficient (Wildman–Crippen LogP) is 1.13. The number of benzene rings is 1. The summed E-state index contributed by atoms with van der Waals surface area (Å²) in [6, 6.07) is 7.66. The number of esters is 1. The van der Waals surface area contributed by atoms with E-state index < -0.39 is 24.4 Å². The first kappa shape index (κ1) is 16.7. The molecule has 0 unspecified atom stereocenters. The molecule has 0 atom stereocenters. The van der Waals surface area contributed by atoms with Crippen molar-refractivity contribution < 1.29 is 24.2 Å². The van der Waals surface area contributed by atoms with Crippen LogP contribution in [0.15, 0.2) is 35.7 Å². The molecule has 120 valence electrons. The first-order valence-electron chi connectivity index (χ1n) is 6.55. The number of anilines is 1. The molecule has 23 heavy (non-hydrogen) atoms. The Kier molecular flexibility index (Phi) is 5.45. The van der Waals surface area contributed by atoms with Crippen LogP contribution in [0, 0.1) is 0 Å². The van der Waals surface area contributed by atoms with Crippen LogP contribution in [0.3, 0.4) is 0 Å². The maximum Gasteiger partial charge on any atom is 0.338 e. The van der Waals surface area contributed by atoms with Crippen LogP contribution in [0.4, 0.5) is 5.00 Å². The molecule has 1 aromatic carbocycles. The average molecular weight is 334 g/mol. The Balaban J connectivity index is 1.89. The number of nitrogens with two attached hydrogens (primary N) is 1. The largest absolute Gasteiger partial charge is 0.452 e. The molecule has 0 saturated heterocycles. The van der Waals surface area contributed by atoms with E-state index in [4.69, 9.17) is 15.6 Å². The van der Waals surface area contributed by atoms with Crippen LogP contribution in [-0.4, -0.2) is 29.5 Å². The molecule has 0 radical (unpaired) electrons. The highest BCUT2D eigenvalue weighted by molar-refractivity contribution is 7.14. The highest BCUT2D eigenvalue weighted by Gasteiger charge is 2.14. The van der Waals surface area contributed by atoms with Gasteiger partial charge in [0.2, 0.25) is 0 Å². The molecule has 1 aromatic heterocycles. The monoisotopic (exact) mass is 334 g/mol. The summed E-state index contributed by atoms with van der Waals surface area (Å²) in [5.74, 6) is -1.89. The fraction of sp³-hybridized carbons (Fsp3) is 0.133. The SMILES string of the molecule is NC(=O)c1ccsc1NC(=O)COC(=O)c1ccc(CO)cc1. The quantitative estimate of drug-likeness (QED) is 0.684. The molecule has 0 aliphatic rings. The second-order valence-electron chi connectivity index (χ2n) is 4.51. The summed E-state index contributed by atoms with van der Waals surface area (Å²) in [4.78, 5) is 34.7. The van der Waals surface area contributed by atoms with Crippen molar-refractivity contribution in [2.75, 3.05) is 11.9 Å². The molecule has 0 bridgehead atoms. The summed E-state index contributed by atoms with van der Waals surface area (Å²) in [5, 5.41) is 13.3. The van der Waals surface area contributed by atoms with Crippen LogP contribution < -0.4 is 11.1 Å². The number of rotatable bonds is 6. The Morgan fingerprint density at radius 1 is 1.17 bits per heavy atom. The van der Waals surface area contributed by atoms with Gasteiger partial charge in [-0.05, 0) is 29.1 Å². The van der Waals surface area contributed by atoms with Crippen molar-refractivity contribution in [2.24, 2.45) is 5.73 Å². The Labute approximate surface area is 135 Å². The van der Waals surface area contributed by atoms with Gasteiger partial charge in [-0.3, -0.25) is 9.59 Å². The number of hydrogen-bond donors (Lipinski definition) is 3. The third kappa shape index (κ3) is 4.38. The van der Waals surface area contributed by atoms with Gasteiger partial charge >= 0.3 is 5.97 Å². The van der Waals surface area contributed by atoms with Crippen LogP contribution in [0.1, 0.15) is 26.3 Å². The van der Waals surface area contributed by atoms with Crippen molar-refractivity contribution in [3.63, 3.8) is 0 Å². The summed E-state index contributed by atoms with van der Waals surface area (Å²) >= 11 is 1.14. The zero-order valence-corrected chi connectivity index (χ0v) is 12.8. The lowest BCUT2D eigenvalue weighted by atomic mass is 10.1. The van der Waals surface area contributed by atoms with Gasteiger partial charge in [-0.15, -0.1) is 11.3 Å². The first-order valence-corrected chi connectivity index (χ1v) is 7.43. The van der Waals surface area contributed by atoms with Gasteiger partial charge in [0.25, 0.3) is 11.8 Å². The smallest absolute Gasteiger partial charge is 0.338 e. The van der Waals surface area contributed by atoms with Crippen LogP contribution in [-0.2, 0) is 16.1 Å². The van der Waals surface area contributed by atoms with Crippen molar-refractivity contribution in [3.05, 3.63) is 52.4 Å². The molecular weight excluding hydrogens is 320 g/mol. The summed E-state index contributed by atoms with van der Waals surface area (Å²) in [5.41, 5.74) is 6.30. The number of ether oxygens (including phenoxy) is 1. The van der Waals surface area contributed by atoms with Gasteiger partial charge in [-0.25, -0.2) is 4.79 Å². The van der Waals surface area contributed by atoms with Crippen LogP contribution >= 0.6 is 11.3 Å². The van der Waals surface area contributed by atoms with E-state index in [2.05, 4.69) is 5.32 Å². The molecule has 2 aromatic rings. The molecule has 2 rings (SSSR count). The molecular formula is C15H14N2O5S. The Bertz CT molecular complexity index is 724. The van der Waals surface area contributed by atoms with E-state index in [0.717, 1.165) is 11.3 Å². The topological polar surface area (TPSA) is 119 Å². The van der Waals surface area contributed by atoms with E-state index in [1.807, 2.05) is 0 Å². The summed E-state index contributed by atoms with van der Waals surface area (Å²) in [6.07, 6.45) is 0. The highest BCUT2D eigenvalue weighted by Crippen LogP contribution is 2.22. The lowest BCUT2D eigenvalue weighted by Gasteiger charge is -2.06. The second-order valence-corrected chi connectivity index (χ2v) is 5.42. The molecule has 0 spiro atoms. The van der Waals surface area contributed by atoms with Crippen LogP contribution in [0.2, 0.25) is 0 Å². The second kappa shape index (κ2) is 7.52. The number of amides is 2. The minimum atomic E-state index is -0.661. The number of carbonyl (C=O) groups excluding carboxylic acids is 3. The first-order chi connectivity index (χ1) is 11.0. The maximum atomic E-state index is 11.8. The van der Waals surface area contributed by atoms with E-state index in [1.165, 1.54) is 18.2 Å². The lowest BCUT2D eigenvalue weighted by molar-refractivity contribution is -0.119. The van der Waals surface area contributed by atoms with E-state index >= 15 is 0 Å². The number of hydrogen-bond acceptors (Lipinski definition) is 6. The predicted molar refractivity (Wildman–Crippen MR) is 84.1 cm³/mol. The minimum absolute atomic E-state index is 0.124. The molecule has 0 saturated carbocycles. The number of aliphatic hydroxyl groups is 1. The number of aliphatic hydroxyl groups excluding tert-OH is 1. The van der Waals surface area contributed by atoms with E-state index in [-0.39, 0.29) is 17.7 Å². The van der Waals surface area contributed by atoms with Gasteiger partial charge in [0.1, 0.15) is 5.00 Å². The van der Waals surface area contributed by atoms with Gasteiger partial charge in [-0.1, -0.05) is 12.1 Å². The Morgan fingerprint density at radius 3 is 2.48 bits per heavy atom. The Morgan fingerprint density at radius 2 is 1.87 bits per heavy atom. The number of carbonyl (C=O) groups is 3. The number of primary amides is 1. The van der Waals surface area contributed by atoms with Gasteiger partial charge < -0.3 is 20.9 Å². The Hall–Kier alpha value is -2.71.